The van der Waals surface area contributed by atoms with Crippen LogP contribution in [0.2, 0.25) is 0 Å². The number of rotatable bonds is 9. The van der Waals surface area contributed by atoms with Crippen molar-refractivity contribution >= 4 is 11.7 Å². The van der Waals surface area contributed by atoms with E-state index in [-0.39, 0.29) is 11.9 Å². The lowest BCUT2D eigenvalue weighted by atomic mass is 9.99. The molecule has 0 radical (unpaired) electrons. The van der Waals surface area contributed by atoms with Crippen molar-refractivity contribution in [2.24, 2.45) is 0 Å². The van der Waals surface area contributed by atoms with Crippen LogP contribution in [0.3, 0.4) is 0 Å². The highest BCUT2D eigenvalue weighted by Crippen LogP contribution is 2.23. The van der Waals surface area contributed by atoms with Gasteiger partial charge >= 0.3 is 0 Å². The number of carbonyl (C=O) groups excluding carboxylic acids is 1. The monoisotopic (exact) mass is 429 g/mol. The average Bonchev–Trinajstić information content (AvgIpc) is 3.28. The Morgan fingerprint density at radius 3 is 2.56 bits per heavy atom. The van der Waals surface area contributed by atoms with Gasteiger partial charge in [0, 0.05) is 25.3 Å². The topological polar surface area (TPSA) is 61.4 Å². The largest absolute Gasteiger partial charge is 0.351 e. The number of benzene rings is 2. The van der Waals surface area contributed by atoms with E-state index in [9.17, 15) is 4.79 Å². The van der Waals surface area contributed by atoms with Gasteiger partial charge in [0.15, 0.2) is 5.82 Å². The van der Waals surface area contributed by atoms with Crippen molar-refractivity contribution in [3.05, 3.63) is 90.1 Å². The van der Waals surface area contributed by atoms with Crippen LogP contribution < -0.4 is 10.2 Å². The van der Waals surface area contributed by atoms with Crippen molar-refractivity contribution in [1.29, 1.82) is 0 Å². The molecule has 1 amide bonds. The minimum atomic E-state index is -0.0536. The number of nitrogens with zero attached hydrogens (tertiary/aromatic N) is 4. The summed E-state index contributed by atoms with van der Waals surface area (Å²) >= 11 is 0. The highest BCUT2D eigenvalue weighted by Gasteiger charge is 2.27. The van der Waals surface area contributed by atoms with Gasteiger partial charge in [-0.3, -0.25) is 9.69 Å². The molecular formula is C26H31N5O. The minimum Gasteiger partial charge on any atom is -0.351 e. The lowest BCUT2D eigenvalue weighted by Gasteiger charge is -2.29. The zero-order chi connectivity index (χ0) is 22.2. The third-order valence-corrected chi connectivity index (χ3v) is 5.99. The number of hydrogen-bond donors (Lipinski definition) is 1. The van der Waals surface area contributed by atoms with E-state index in [4.69, 9.17) is 0 Å². The summed E-state index contributed by atoms with van der Waals surface area (Å²) < 4.78 is 0. The minimum absolute atomic E-state index is 0.0429. The third-order valence-electron chi connectivity index (χ3n) is 5.99. The zero-order valence-electron chi connectivity index (χ0n) is 18.6. The van der Waals surface area contributed by atoms with Crippen LogP contribution in [0.5, 0.6) is 0 Å². The molecule has 0 saturated carbocycles. The summed E-state index contributed by atoms with van der Waals surface area (Å²) in [4.78, 5) is 17.4. The lowest BCUT2D eigenvalue weighted by molar-refractivity contribution is -0.122. The van der Waals surface area contributed by atoms with Crippen LogP contribution >= 0.6 is 0 Å². The Hall–Kier alpha value is -3.25. The maximum absolute atomic E-state index is 13.0. The molecule has 6 nitrogen and oxygen atoms in total. The van der Waals surface area contributed by atoms with E-state index >= 15 is 0 Å². The first-order chi connectivity index (χ1) is 15.7. The molecule has 0 aliphatic carbocycles. The van der Waals surface area contributed by atoms with E-state index in [0.717, 1.165) is 43.7 Å². The molecule has 1 aromatic heterocycles. The average molecular weight is 430 g/mol. The molecule has 166 valence electrons. The van der Waals surface area contributed by atoms with Crippen LogP contribution in [0.25, 0.3) is 0 Å². The predicted molar refractivity (Wildman–Crippen MR) is 127 cm³/mol. The first kappa shape index (κ1) is 22.0. The fourth-order valence-electron chi connectivity index (χ4n) is 4.47. The molecule has 1 aliphatic heterocycles. The number of likely N-dealkylation sites (N-methyl/N-ethyl adjacent to an activating group) is 1. The lowest BCUT2D eigenvalue weighted by Crippen LogP contribution is -2.44. The molecule has 1 saturated heterocycles. The second kappa shape index (κ2) is 10.9. The molecule has 2 unspecified atom stereocenters. The second-order valence-electron chi connectivity index (χ2n) is 8.49. The van der Waals surface area contributed by atoms with E-state index in [0.29, 0.717) is 12.6 Å². The number of carbonyl (C=O) groups is 1. The molecule has 1 aliphatic rings. The van der Waals surface area contributed by atoms with E-state index in [1.165, 1.54) is 5.56 Å². The van der Waals surface area contributed by atoms with Crippen molar-refractivity contribution in [2.75, 3.05) is 31.6 Å². The van der Waals surface area contributed by atoms with Crippen LogP contribution in [-0.4, -0.2) is 53.7 Å². The quantitative estimate of drug-likeness (QED) is 0.564. The second-order valence-corrected chi connectivity index (χ2v) is 8.49. The fraction of sp³-hybridized carbons (Fsp3) is 0.346. The van der Waals surface area contributed by atoms with Crippen LogP contribution in [-0.2, 0) is 11.2 Å². The highest BCUT2D eigenvalue weighted by atomic mass is 16.2. The molecule has 2 aromatic carbocycles. The normalized spacial score (nSPS) is 16.8. The van der Waals surface area contributed by atoms with Crippen LogP contribution in [0, 0.1) is 0 Å². The van der Waals surface area contributed by atoms with Crippen LogP contribution in [0.4, 0.5) is 5.82 Å². The van der Waals surface area contributed by atoms with Crippen molar-refractivity contribution in [3.63, 3.8) is 0 Å². The predicted octanol–water partition coefficient (Wildman–Crippen LogP) is 3.48. The molecule has 1 fully saturated rings. The number of anilines is 1. The Morgan fingerprint density at radius 1 is 1.09 bits per heavy atom. The summed E-state index contributed by atoms with van der Waals surface area (Å²) in [5, 5.41) is 11.6. The summed E-state index contributed by atoms with van der Waals surface area (Å²) in [6.45, 7) is 2.16. The number of aromatic nitrogens is 2. The first-order valence-electron chi connectivity index (χ1n) is 11.3. The maximum atomic E-state index is 13.0. The number of nitrogens with one attached hydrogen (secondary N) is 1. The first-order valence-corrected chi connectivity index (χ1v) is 11.3. The summed E-state index contributed by atoms with van der Waals surface area (Å²) in [7, 11) is 2.02. The van der Waals surface area contributed by atoms with Gasteiger partial charge in [-0.15, -0.1) is 5.10 Å². The van der Waals surface area contributed by atoms with Gasteiger partial charge in [-0.1, -0.05) is 60.7 Å². The molecule has 2 atom stereocenters. The van der Waals surface area contributed by atoms with Crippen LogP contribution in [0.1, 0.15) is 30.0 Å². The summed E-state index contributed by atoms with van der Waals surface area (Å²) in [5.74, 6) is 0.959. The molecule has 2 heterocycles. The van der Waals surface area contributed by atoms with Gasteiger partial charge in [-0.05, 0) is 49.6 Å². The maximum Gasteiger partial charge on any atom is 0.234 e. The standard InChI is InChI=1S/C26H31N5O/c1-30(19-23-14-9-17-31(23)25-15-8-16-27-29-25)20-26(32)28-24(22-12-6-3-7-13-22)18-21-10-4-2-5-11-21/h2-8,10-13,15-16,23-24H,9,14,17-20H2,1H3,(H,28,32). The van der Waals surface area contributed by atoms with Gasteiger partial charge in [0.1, 0.15) is 0 Å². The van der Waals surface area contributed by atoms with E-state index < -0.39 is 0 Å². The Morgan fingerprint density at radius 2 is 1.84 bits per heavy atom. The molecule has 0 bridgehead atoms. The van der Waals surface area contributed by atoms with E-state index in [2.05, 4.69) is 49.6 Å². The van der Waals surface area contributed by atoms with Gasteiger partial charge < -0.3 is 10.2 Å². The Kier molecular flexibility index (Phi) is 7.46. The molecular weight excluding hydrogens is 398 g/mol. The molecule has 3 aromatic rings. The molecule has 1 N–H and O–H groups in total. The van der Waals surface area contributed by atoms with Crippen molar-refractivity contribution < 1.29 is 4.79 Å². The smallest absolute Gasteiger partial charge is 0.234 e. The van der Waals surface area contributed by atoms with Gasteiger partial charge in [0.25, 0.3) is 0 Å². The third kappa shape index (κ3) is 5.92. The summed E-state index contributed by atoms with van der Waals surface area (Å²) in [6, 6.07) is 24.7. The van der Waals surface area contributed by atoms with Crippen LogP contribution in [0.15, 0.2) is 79.0 Å². The SMILES string of the molecule is CN(CC(=O)NC(Cc1ccccc1)c1ccccc1)CC1CCCN1c1cccnn1. The van der Waals surface area contributed by atoms with Gasteiger partial charge in [-0.2, -0.15) is 5.10 Å². The van der Waals surface area contributed by atoms with Gasteiger partial charge in [0.2, 0.25) is 5.91 Å². The van der Waals surface area contributed by atoms with Gasteiger partial charge in [-0.25, -0.2) is 0 Å². The molecule has 4 rings (SSSR count). The number of amides is 1. The van der Waals surface area contributed by atoms with Gasteiger partial charge in [0.05, 0.1) is 12.6 Å². The summed E-state index contributed by atoms with van der Waals surface area (Å²) in [5.41, 5.74) is 2.33. The Balaban J connectivity index is 1.36. The Bertz CT molecular complexity index is 967. The van der Waals surface area contributed by atoms with Crippen molar-refractivity contribution in [2.45, 2.75) is 31.3 Å². The zero-order valence-corrected chi connectivity index (χ0v) is 18.6. The van der Waals surface area contributed by atoms with Crippen molar-refractivity contribution in [1.82, 2.24) is 20.4 Å². The summed E-state index contributed by atoms with van der Waals surface area (Å²) in [6.07, 6.45) is 4.70. The fourth-order valence-corrected chi connectivity index (χ4v) is 4.47. The molecule has 0 spiro atoms. The number of hydrogen-bond acceptors (Lipinski definition) is 5. The Labute approximate surface area is 190 Å². The molecule has 32 heavy (non-hydrogen) atoms. The van der Waals surface area contributed by atoms with E-state index in [1.54, 1.807) is 6.20 Å². The highest BCUT2D eigenvalue weighted by molar-refractivity contribution is 5.78. The van der Waals surface area contributed by atoms with E-state index in [1.807, 2.05) is 55.6 Å². The van der Waals surface area contributed by atoms with Crippen molar-refractivity contribution in [3.8, 4) is 0 Å². The molecule has 6 heteroatoms.